The van der Waals surface area contributed by atoms with E-state index in [0.29, 0.717) is 0 Å². The maximum atomic E-state index is 11.0. The van der Waals surface area contributed by atoms with E-state index in [1.165, 1.54) is 14.0 Å². The number of aliphatic hydroxyl groups is 3. The molecule has 1 unspecified atom stereocenters. The van der Waals surface area contributed by atoms with Gasteiger partial charge in [-0.2, -0.15) is 0 Å². The number of aliphatic hydroxyl groups excluding tert-OH is 3. The standard InChI is InChI=1S/C8H17NO5/c1-6(7(13)14-2)9-8(3-10,4-11)5-12/h6,9-12H,3-5H2,1-2H3. The van der Waals surface area contributed by atoms with Gasteiger partial charge in [-0.05, 0) is 6.92 Å². The van der Waals surface area contributed by atoms with E-state index in [0.717, 1.165) is 0 Å². The molecular weight excluding hydrogens is 190 g/mol. The molecule has 0 aliphatic rings. The first-order valence-corrected chi connectivity index (χ1v) is 4.23. The summed E-state index contributed by atoms with van der Waals surface area (Å²) in [7, 11) is 1.24. The summed E-state index contributed by atoms with van der Waals surface area (Å²) in [6.45, 7) is 0.103. The van der Waals surface area contributed by atoms with E-state index in [1.807, 2.05) is 0 Å². The van der Waals surface area contributed by atoms with E-state index in [2.05, 4.69) is 10.1 Å². The smallest absolute Gasteiger partial charge is 0.322 e. The van der Waals surface area contributed by atoms with Crippen molar-refractivity contribution in [2.24, 2.45) is 0 Å². The maximum Gasteiger partial charge on any atom is 0.322 e. The fraction of sp³-hybridized carbons (Fsp3) is 0.875. The van der Waals surface area contributed by atoms with E-state index in [9.17, 15) is 4.79 Å². The summed E-state index contributed by atoms with van der Waals surface area (Å²) in [5, 5.41) is 29.4. The highest BCUT2D eigenvalue weighted by atomic mass is 16.5. The van der Waals surface area contributed by atoms with Crippen LogP contribution in [0.25, 0.3) is 0 Å². The average molecular weight is 207 g/mol. The molecule has 0 amide bonds. The molecule has 0 saturated heterocycles. The lowest BCUT2D eigenvalue weighted by Gasteiger charge is -2.31. The molecule has 0 fully saturated rings. The van der Waals surface area contributed by atoms with Crippen molar-refractivity contribution in [2.75, 3.05) is 26.9 Å². The van der Waals surface area contributed by atoms with Crippen molar-refractivity contribution in [1.29, 1.82) is 0 Å². The van der Waals surface area contributed by atoms with Crippen LogP contribution in [0, 0.1) is 0 Å². The first-order valence-electron chi connectivity index (χ1n) is 4.23. The molecule has 6 heteroatoms. The highest BCUT2D eigenvalue weighted by Crippen LogP contribution is 2.04. The second kappa shape index (κ2) is 5.92. The number of nitrogens with one attached hydrogen (secondary N) is 1. The van der Waals surface area contributed by atoms with Crippen molar-refractivity contribution in [3.63, 3.8) is 0 Å². The Hall–Kier alpha value is -0.690. The Bertz CT molecular complexity index is 172. The molecular formula is C8H17NO5. The fourth-order valence-electron chi connectivity index (χ4n) is 0.982. The molecule has 6 nitrogen and oxygen atoms in total. The van der Waals surface area contributed by atoms with Crippen LogP contribution in [0.2, 0.25) is 0 Å². The fourth-order valence-corrected chi connectivity index (χ4v) is 0.982. The lowest BCUT2D eigenvalue weighted by atomic mass is 10.0. The highest BCUT2D eigenvalue weighted by molar-refractivity contribution is 5.75. The molecule has 0 aliphatic heterocycles. The predicted molar refractivity (Wildman–Crippen MR) is 48.6 cm³/mol. The molecule has 0 aliphatic carbocycles. The number of carbonyl (C=O) groups excluding carboxylic acids is 1. The number of hydrogen-bond donors (Lipinski definition) is 4. The topological polar surface area (TPSA) is 99.0 Å². The van der Waals surface area contributed by atoms with Crippen LogP contribution >= 0.6 is 0 Å². The molecule has 4 N–H and O–H groups in total. The Morgan fingerprint density at radius 1 is 1.36 bits per heavy atom. The van der Waals surface area contributed by atoms with Crippen LogP contribution in [-0.2, 0) is 9.53 Å². The summed E-state index contributed by atoms with van der Waals surface area (Å²) in [6, 6.07) is -0.702. The zero-order valence-electron chi connectivity index (χ0n) is 8.36. The average Bonchev–Trinajstić information content (AvgIpc) is 2.24. The van der Waals surface area contributed by atoms with Crippen molar-refractivity contribution in [2.45, 2.75) is 18.5 Å². The first-order chi connectivity index (χ1) is 6.55. The van der Waals surface area contributed by atoms with Crippen LogP contribution < -0.4 is 5.32 Å². The van der Waals surface area contributed by atoms with Gasteiger partial charge in [0, 0.05) is 0 Å². The molecule has 0 aromatic heterocycles. The Labute approximate surface area is 82.5 Å². The SMILES string of the molecule is COC(=O)C(C)NC(CO)(CO)CO. The number of rotatable bonds is 6. The van der Waals surface area contributed by atoms with Crippen molar-refractivity contribution in [1.82, 2.24) is 5.32 Å². The Balaban J connectivity index is 4.36. The molecule has 0 heterocycles. The highest BCUT2D eigenvalue weighted by Gasteiger charge is 2.31. The van der Waals surface area contributed by atoms with Gasteiger partial charge in [-0.3, -0.25) is 10.1 Å². The van der Waals surface area contributed by atoms with Gasteiger partial charge in [0.2, 0.25) is 0 Å². The second-order valence-corrected chi connectivity index (χ2v) is 3.14. The molecule has 0 saturated carbocycles. The molecule has 0 aromatic rings. The van der Waals surface area contributed by atoms with E-state index < -0.39 is 37.4 Å². The number of methoxy groups -OCH3 is 1. The van der Waals surface area contributed by atoms with Crippen LogP contribution in [0.1, 0.15) is 6.92 Å². The third-order valence-corrected chi connectivity index (χ3v) is 1.99. The van der Waals surface area contributed by atoms with Gasteiger partial charge in [-0.15, -0.1) is 0 Å². The van der Waals surface area contributed by atoms with Crippen LogP contribution in [0.15, 0.2) is 0 Å². The normalized spacial score (nSPS) is 13.8. The quantitative estimate of drug-likeness (QED) is 0.371. The molecule has 14 heavy (non-hydrogen) atoms. The summed E-state index contributed by atoms with van der Waals surface area (Å²) in [4.78, 5) is 11.0. The molecule has 84 valence electrons. The van der Waals surface area contributed by atoms with E-state index in [1.54, 1.807) is 0 Å². The van der Waals surface area contributed by atoms with Gasteiger partial charge < -0.3 is 20.1 Å². The number of ether oxygens (including phenoxy) is 1. The first kappa shape index (κ1) is 13.3. The molecule has 0 spiro atoms. The largest absolute Gasteiger partial charge is 0.468 e. The lowest BCUT2D eigenvalue weighted by Crippen LogP contribution is -2.59. The summed E-state index contributed by atoms with van der Waals surface area (Å²) < 4.78 is 4.45. The summed E-state index contributed by atoms with van der Waals surface area (Å²) >= 11 is 0. The third kappa shape index (κ3) is 3.22. The molecule has 0 bridgehead atoms. The second-order valence-electron chi connectivity index (χ2n) is 3.14. The molecule has 0 radical (unpaired) electrons. The van der Waals surface area contributed by atoms with Gasteiger partial charge in [-0.1, -0.05) is 0 Å². The molecule has 0 rings (SSSR count). The van der Waals surface area contributed by atoms with Crippen molar-refractivity contribution >= 4 is 5.97 Å². The Morgan fingerprint density at radius 3 is 2.07 bits per heavy atom. The molecule has 1 atom stereocenters. The number of carbonyl (C=O) groups is 1. The minimum absolute atomic E-state index is 0.471. The Morgan fingerprint density at radius 2 is 1.79 bits per heavy atom. The lowest BCUT2D eigenvalue weighted by molar-refractivity contribution is -0.143. The van der Waals surface area contributed by atoms with Crippen LogP contribution in [0.4, 0.5) is 0 Å². The minimum Gasteiger partial charge on any atom is -0.468 e. The summed E-state index contributed by atoms with van der Waals surface area (Å²) in [5.41, 5.74) is -1.26. The van der Waals surface area contributed by atoms with Crippen molar-refractivity contribution < 1.29 is 24.9 Å². The van der Waals surface area contributed by atoms with Crippen molar-refractivity contribution in [3.05, 3.63) is 0 Å². The van der Waals surface area contributed by atoms with E-state index >= 15 is 0 Å². The van der Waals surface area contributed by atoms with Gasteiger partial charge in [0.15, 0.2) is 0 Å². The van der Waals surface area contributed by atoms with Crippen LogP contribution in [-0.4, -0.2) is 59.8 Å². The predicted octanol–water partition coefficient (Wildman–Crippen LogP) is -2.15. The summed E-state index contributed by atoms with van der Waals surface area (Å²) in [5.74, 6) is -0.523. The van der Waals surface area contributed by atoms with Crippen LogP contribution in [0.5, 0.6) is 0 Å². The maximum absolute atomic E-state index is 11.0. The van der Waals surface area contributed by atoms with Gasteiger partial charge in [0.05, 0.1) is 32.5 Å². The summed E-state index contributed by atoms with van der Waals surface area (Å²) in [6.07, 6.45) is 0. The monoisotopic (exact) mass is 207 g/mol. The van der Waals surface area contributed by atoms with Gasteiger partial charge in [0.25, 0.3) is 0 Å². The van der Waals surface area contributed by atoms with Gasteiger partial charge in [0.1, 0.15) is 6.04 Å². The minimum atomic E-state index is -1.26. The number of hydrogen-bond acceptors (Lipinski definition) is 6. The zero-order valence-corrected chi connectivity index (χ0v) is 8.36. The van der Waals surface area contributed by atoms with Gasteiger partial charge >= 0.3 is 5.97 Å². The molecule has 0 aromatic carbocycles. The van der Waals surface area contributed by atoms with Crippen LogP contribution in [0.3, 0.4) is 0 Å². The number of esters is 1. The van der Waals surface area contributed by atoms with Gasteiger partial charge in [-0.25, -0.2) is 0 Å². The zero-order chi connectivity index (χ0) is 11.2. The Kier molecular flexibility index (Phi) is 5.63. The van der Waals surface area contributed by atoms with E-state index in [4.69, 9.17) is 15.3 Å². The third-order valence-electron chi connectivity index (χ3n) is 1.99. The van der Waals surface area contributed by atoms with E-state index in [-0.39, 0.29) is 0 Å². The van der Waals surface area contributed by atoms with Crippen molar-refractivity contribution in [3.8, 4) is 0 Å².